The smallest absolute Gasteiger partial charge is 0.0163 e. The van der Waals surface area contributed by atoms with E-state index in [1.165, 1.54) is 24.6 Å². The number of hydrogen-bond acceptors (Lipinski definition) is 2. The Bertz CT molecular complexity index is 214. The van der Waals surface area contributed by atoms with Crippen LogP contribution in [-0.4, -0.2) is 36.0 Å². The molecule has 0 amide bonds. The fourth-order valence-electron chi connectivity index (χ4n) is 2.36. The Balaban J connectivity index is 2.13. The van der Waals surface area contributed by atoms with E-state index in [9.17, 15) is 0 Å². The van der Waals surface area contributed by atoms with Crippen LogP contribution in [0.25, 0.3) is 0 Å². The van der Waals surface area contributed by atoms with Gasteiger partial charge in [0.05, 0.1) is 0 Å². The van der Waals surface area contributed by atoms with Crippen LogP contribution >= 0.6 is 11.8 Å². The van der Waals surface area contributed by atoms with Crippen molar-refractivity contribution in [2.75, 3.05) is 31.1 Å². The van der Waals surface area contributed by atoms with Crippen LogP contribution in [0.2, 0.25) is 0 Å². The Morgan fingerprint density at radius 3 is 3.08 bits per heavy atom. The third kappa shape index (κ3) is 1.66. The summed E-state index contributed by atoms with van der Waals surface area (Å²) < 4.78 is 0. The Morgan fingerprint density at radius 2 is 2.46 bits per heavy atom. The highest BCUT2D eigenvalue weighted by atomic mass is 32.2. The summed E-state index contributed by atoms with van der Waals surface area (Å²) >= 11 is 2.12. The molecule has 0 saturated carbocycles. The molecule has 2 heteroatoms. The monoisotopic (exact) mass is 197 g/mol. The second-order valence-electron chi connectivity index (χ2n) is 4.38. The molecule has 0 aliphatic carbocycles. The Kier molecular flexibility index (Phi) is 2.70. The highest BCUT2D eigenvalue weighted by molar-refractivity contribution is 7.99. The molecule has 13 heavy (non-hydrogen) atoms. The number of nitrogens with zero attached hydrogens (tertiary/aromatic N) is 1. The lowest BCUT2D eigenvalue weighted by atomic mass is 9.77. The molecule has 1 spiro atoms. The van der Waals surface area contributed by atoms with Crippen molar-refractivity contribution in [1.29, 1.82) is 0 Å². The Morgan fingerprint density at radius 1 is 1.62 bits per heavy atom. The molecule has 2 heterocycles. The maximum absolute atomic E-state index is 2.56. The molecule has 2 aliphatic heterocycles. The number of rotatable bonds is 1. The summed E-state index contributed by atoms with van der Waals surface area (Å²) in [5, 5.41) is 0. The van der Waals surface area contributed by atoms with Gasteiger partial charge in [0.2, 0.25) is 0 Å². The van der Waals surface area contributed by atoms with Gasteiger partial charge in [0.1, 0.15) is 0 Å². The summed E-state index contributed by atoms with van der Waals surface area (Å²) in [5.41, 5.74) is 0.513. The van der Waals surface area contributed by atoms with Gasteiger partial charge >= 0.3 is 0 Å². The van der Waals surface area contributed by atoms with Gasteiger partial charge in [0.25, 0.3) is 0 Å². The van der Waals surface area contributed by atoms with E-state index in [2.05, 4.69) is 42.7 Å². The standard InChI is InChI=1S/C11H19NS/c1-3-12-6-4-5-11(8-12)9-13-7-10(11)2/h4-5,10H,3,6-9H2,1-2H3. The van der Waals surface area contributed by atoms with Crippen molar-refractivity contribution in [3.63, 3.8) is 0 Å². The predicted molar refractivity (Wildman–Crippen MR) is 60.2 cm³/mol. The van der Waals surface area contributed by atoms with E-state index in [-0.39, 0.29) is 0 Å². The first-order valence-electron chi connectivity index (χ1n) is 5.24. The molecule has 0 bridgehead atoms. The molecular weight excluding hydrogens is 178 g/mol. The average molecular weight is 197 g/mol. The third-order valence-corrected chi connectivity index (χ3v) is 4.98. The van der Waals surface area contributed by atoms with E-state index >= 15 is 0 Å². The molecule has 74 valence electrons. The summed E-state index contributed by atoms with van der Waals surface area (Å²) in [4.78, 5) is 2.56. The van der Waals surface area contributed by atoms with E-state index in [0.29, 0.717) is 5.41 Å². The van der Waals surface area contributed by atoms with Crippen molar-refractivity contribution in [2.45, 2.75) is 13.8 Å². The molecule has 2 atom stereocenters. The molecule has 2 unspecified atom stereocenters. The highest BCUT2D eigenvalue weighted by Gasteiger charge is 2.40. The molecule has 1 saturated heterocycles. The van der Waals surface area contributed by atoms with Gasteiger partial charge in [0.15, 0.2) is 0 Å². The average Bonchev–Trinajstić information content (AvgIpc) is 2.48. The number of thioether (sulfide) groups is 1. The zero-order valence-electron chi connectivity index (χ0n) is 8.62. The van der Waals surface area contributed by atoms with Crippen molar-refractivity contribution >= 4 is 11.8 Å². The lowest BCUT2D eigenvalue weighted by Gasteiger charge is -2.38. The van der Waals surface area contributed by atoms with Crippen LogP contribution in [0.1, 0.15) is 13.8 Å². The fourth-order valence-corrected chi connectivity index (χ4v) is 4.01. The summed E-state index contributed by atoms with van der Waals surface area (Å²) in [5.74, 6) is 3.55. The second kappa shape index (κ2) is 3.66. The number of likely N-dealkylation sites (N-methyl/N-ethyl adjacent to an activating group) is 1. The van der Waals surface area contributed by atoms with E-state index in [0.717, 1.165) is 12.5 Å². The molecule has 0 aromatic carbocycles. The van der Waals surface area contributed by atoms with Crippen molar-refractivity contribution in [1.82, 2.24) is 4.90 Å². The van der Waals surface area contributed by atoms with Crippen LogP contribution in [0.15, 0.2) is 12.2 Å². The maximum atomic E-state index is 2.56. The summed E-state index contributed by atoms with van der Waals surface area (Å²) in [6, 6.07) is 0. The summed E-state index contributed by atoms with van der Waals surface area (Å²) in [6.07, 6.45) is 4.86. The van der Waals surface area contributed by atoms with Gasteiger partial charge in [-0.2, -0.15) is 11.8 Å². The van der Waals surface area contributed by atoms with Crippen molar-refractivity contribution in [3.8, 4) is 0 Å². The molecule has 0 aromatic heterocycles. The maximum Gasteiger partial charge on any atom is 0.0163 e. The van der Waals surface area contributed by atoms with Gasteiger partial charge in [-0.15, -0.1) is 0 Å². The SMILES string of the molecule is CCN1CC=CC2(CSCC2C)C1. The molecular formula is C11H19NS. The zero-order valence-corrected chi connectivity index (χ0v) is 9.44. The van der Waals surface area contributed by atoms with Crippen LogP contribution in [0, 0.1) is 11.3 Å². The van der Waals surface area contributed by atoms with Crippen molar-refractivity contribution in [2.24, 2.45) is 11.3 Å². The summed E-state index contributed by atoms with van der Waals surface area (Å²) in [6.45, 7) is 8.32. The minimum atomic E-state index is 0.513. The van der Waals surface area contributed by atoms with Crippen LogP contribution in [-0.2, 0) is 0 Å². The minimum Gasteiger partial charge on any atom is -0.299 e. The van der Waals surface area contributed by atoms with Crippen molar-refractivity contribution in [3.05, 3.63) is 12.2 Å². The zero-order chi connectivity index (χ0) is 9.31. The van der Waals surface area contributed by atoms with Crippen LogP contribution < -0.4 is 0 Å². The van der Waals surface area contributed by atoms with E-state index in [1.54, 1.807) is 0 Å². The van der Waals surface area contributed by atoms with Gasteiger partial charge < -0.3 is 0 Å². The van der Waals surface area contributed by atoms with E-state index in [1.807, 2.05) is 0 Å². The molecule has 2 aliphatic rings. The Labute approximate surface area is 85.6 Å². The molecule has 0 N–H and O–H groups in total. The molecule has 0 aromatic rings. The Hall–Kier alpha value is 0.0500. The minimum absolute atomic E-state index is 0.513. The second-order valence-corrected chi connectivity index (χ2v) is 5.41. The van der Waals surface area contributed by atoms with Crippen LogP contribution in [0.4, 0.5) is 0 Å². The lowest BCUT2D eigenvalue weighted by Crippen LogP contribution is -2.43. The first-order valence-corrected chi connectivity index (χ1v) is 6.40. The first kappa shape index (κ1) is 9.60. The molecule has 0 radical (unpaired) electrons. The van der Waals surface area contributed by atoms with Gasteiger partial charge in [-0.25, -0.2) is 0 Å². The molecule has 2 rings (SSSR count). The number of hydrogen-bond donors (Lipinski definition) is 0. The molecule has 1 nitrogen and oxygen atoms in total. The van der Waals surface area contributed by atoms with Gasteiger partial charge in [-0.1, -0.05) is 26.0 Å². The van der Waals surface area contributed by atoms with Crippen LogP contribution in [0.5, 0.6) is 0 Å². The van der Waals surface area contributed by atoms with Gasteiger partial charge in [0, 0.05) is 24.3 Å². The normalized spacial score (nSPS) is 40.3. The van der Waals surface area contributed by atoms with E-state index in [4.69, 9.17) is 0 Å². The third-order valence-electron chi connectivity index (χ3n) is 3.50. The largest absolute Gasteiger partial charge is 0.299 e. The van der Waals surface area contributed by atoms with Gasteiger partial charge in [-0.05, 0) is 18.2 Å². The van der Waals surface area contributed by atoms with E-state index < -0.39 is 0 Å². The van der Waals surface area contributed by atoms with Gasteiger partial charge in [-0.3, -0.25) is 4.90 Å². The first-order chi connectivity index (χ1) is 6.27. The molecule has 1 fully saturated rings. The predicted octanol–water partition coefficient (Wildman–Crippen LogP) is 2.25. The quantitative estimate of drug-likeness (QED) is 0.593. The summed E-state index contributed by atoms with van der Waals surface area (Å²) in [7, 11) is 0. The fraction of sp³-hybridized carbons (Fsp3) is 0.818. The topological polar surface area (TPSA) is 3.24 Å². The van der Waals surface area contributed by atoms with Crippen LogP contribution in [0.3, 0.4) is 0 Å². The highest BCUT2D eigenvalue weighted by Crippen LogP contribution is 2.43. The van der Waals surface area contributed by atoms with Crippen molar-refractivity contribution < 1.29 is 0 Å². The lowest BCUT2D eigenvalue weighted by molar-refractivity contribution is 0.176.